The molecule has 0 spiro atoms. The minimum atomic E-state index is -3.76. The topological polar surface area (TPSA) is 109 Å². The third kappa shape index (κ3) is 3.85. The smallest absolute Gasteiger partial charge is 0.414 e. The van der Waals surface area contributed by atoms with Crippen LogP contribution in [0.15, 0.2) is 45.9 Å². The number of sulfonamides is 1. The van der Waals surface area contributed by atoms with E-state index in [1.54, 1.807) is 24.3 Å². The van der Waals surface area contributed by atoms with Gasteiger partial charge in [-0.1, -0.05) is 18.6 Å². The van der Waals surface area contributed by atoms with E-state index in [1.807, 2.05) is 0 Å². The number of furan rings is 1. The van der Waals surface area contributed by atoms with Crippen LogP contribution >= 0.6 is 0 Å². The number of carbonyl (C=O) groups excluding carboxylic acids is 2. The Morgan fingerprint density at radius 2 is 1.76 bits per heavy atom. The summed E-state index contributed by atoms with van der Waals surface area (Å²) in [6.45, 7) is 1.55. The highest BCUT2D eigenvalue weighted by atomic mass is 32.2. The number of cyclic esters (lactones) is 1. The van der Waals surface area contributed by atoms with Gasteiger partial charge in [-0.05, 0) is 37.1 Å². The van der Waals surface area contributed by atoms with Crippen LogP contribution in [-0.2, 0) is 14.8 Å². The molecule has 4 rings (SSSR count). The van der Waals surface area contributed by atoms with Gasteiger partial charge in [0.25, 0.3) is 15.9 Å². The van der Waals surface area contributed by atoms with Crippen molar-refractivity contribution < 1.29 is 27.2 Å². The highest BCUT2D eigenvalue weighted by Crippen LogP contribution is 2.29. The maximum Gasteiger partial charge on any atom is 0.414 e. The zero-order chi connectivity index (χ0) is 20.4. The van der Waals surface area contributed by atoms with Gasteiger partial charge >= 0.3 is 6.09 Å². The Morgan fingerprint density at radius 1 is 1.00 bits per heavy atom. The monoisotopic (exact) mass is 419 g/mol. The van der Waals surface area contributed by atoms with Gasteiger partial charge in [0.05, 0.1) is 17.9 Å². The number of benzene rings is 1. The van der Waals surface area contributed by atoms with Crippen molar-refractivity contribution in [3.05, 3.63) is 42.2 Å². The van der Waals surface area contributed by atoms with E-state index in [4.69, 9.17) is 9.15 Å². The number of ether oxygens (including phenoxy) is 1. The molecule has 0 aliphatic carbocycles. The number of rotatable bonds is 5. The average molecular weight is 419 g/mol. The quantitative estimate of drug-likeness (QED) is 0.798. The van der Waals surface area contributed by atoms with Crippen LogP contribution in [0.3, 0.4) is 0 Å². The molecule has 2 aliphatic heterocycles. The van der Waals surface area contributed by atoms with Crippen molar-refractivity contribution in [3.8, 4) is 0 Å². The van der Waals surface area contributed by atoms with Crippen molar-refractivity contribution in [2.45, 2.75) is 24.4 Å². The molecule has 3 heterocycles. The minimum absolute atomic E-state index is 0.126. The first-order chi connectivity index (χ1) is 14.0. The number of nitrogens with zero attached hydrogens (tertiary/aromatic N) is 2. The van der Waals surface area contributed by atoms with Gasteiger partial charge in [0.1, 0.15) is 6.61 Å². The van der Waals surface area contributed by atoms with Crippen molar-refractivity contribution in [1.29, 1.82) is 0 Å². The molecule has 1 aromatic heterocycles. The number of nitrogens with one attached hydrogen (secondary N) is 1. The number of hydrogen-bond acceptors (Lipinski definition) is 6. The van der Waals surface area contributed by atoms with Crippen LogP contribution in [0.1, 0.15) is 29.8 Å². The Labute approximate surface area is 168 Å². The number of amides is 2. The number of piperidine rings is 1. The summed E-state index contributed by atoms with van der Waals surface area (Å²) in [5.41, 5.74) is 0.893. The second kappa shape index (κ2) is 7.88. The van der Waals surface area contributed by atoms with E-state index in [0.717, 1.165) is 19.3 Å². The molecule has 0 saturated carbocycles. The number of anilines is 2. The Balaban J connectivity index is 1.53. The molecular weight excluding hydrogens is 398 g/mol. The lowest BCUT2D eigenvalue weighted by Crippen LogP contribution is -2.35. The highest BCUT2D eigenvalue weighted by Gasteiger charge is 2.30. The normalized spacial score (nSPS) is 17.9. The highest BCUT2D eigenvalue weighted by molar-refractivity contribution is 7.89. The van der Waals surface area contributed by atoms with E-state index in [1.165, 1.54) is 21.3 Å². The third-order valence-electron chi connectivity index (χ3n) is 4.92. The van der Waals surface area contributed by atoms with Crippen molar-refractivity contribution in [2.75, 3.05) is 36.5 Å². The Kier molecular flexibility index (Phi) is 5.29. The predicted molar refractivity (Wildman–Crippen MR) is 104 cm³/mol. The lowest BCUT2D eigenvalue weighted by molar-refractivity contribution is 0.0991. The van der Waals surface area contributed by atoms with Crippen LogP contribution in [0.2, 0.25) is 0 Å². The first-order valence-corrected chi connectivity index (χ1v) is 10.9. The van der Waals surface area contributed by atoms with Gasteiger partial charge in [-0.2, -0.15) is 4.31 Å². The van der Waals surface area contributed by atoms with Gasteiger partial charge < -0.3 is 14.5 Å². The Hall–Kier alpha value is -2.85. The summed E-state index contributed by atoms with van der Waals surface area (Å²) in [5, 5.41) is 2.43. The third-order valence-corrected chi connectivity index (χ3v) is 6.69. The fourth-order valence-electron chi connectivity index (χ4n) is 3.42. The van der Waals surface area contributed by atoms with E-state index in [2.05, 4.69) is 5.32 Å². The summed E-state index contributed by atoms with van der Waals surface area (Å²) in [7, 11) is -3.76. The minimum Gasteiger partial charge on any atom is -0.447 e. The molecule has 154 valence electrons. The number of hydrogen-bond donors (Lipinski definition) is 1. The SMILES string of the molecule is O=C(Nc1ccccc1N1CCOC1=O)c1ccc(S(=O)(=O)N2CCCCC2)o1. The van der Waals surface area contributed by atoms with Crippen LogP contribution in [0.5, 0.6) is 0 Å². The predicted octanol–water partition coefficient (Wildman–Crippen LogP) is 2.66. The van der Waals surface area contributed by atoms with E-state index < -0.39 is 22.0 Å². The molecule has 1 aromatic carbocycles. The van der Waals surface area contributed by atoms with E-state index in [9.17, 15) is 18.0 Å². The molecule has 0 radical (unpaired) electrons. The number of para-hydroxylation sites is 2. The zero-order valence-corrected chi connectivity index (χ0v) is 16.5. The molecular formula is C19H21N3O6S. The molecule has 9 nitrogen and oxygen atoms in total. The molecule has 0 unspecified atom stereocenters. The van der Waals surface area contributed by atoms with Gasteiger partial charge in [-0.3, -0.25) is 9.69 Å². The molecule has 2 fully saturated rings. The lowest BCUT2D eigenvalue weighted by Gasteiger charge is -2.24. The van der Waals surface area contributed by atoms with E-state index >= 15 is 0 Å². The van der Waals surface area contributed by atoms with E-state index in [-0.39, 0.29) is 17.5 Å². The molecule has 2 amide bonds. The van der Waals surface area contributed by atoms with Crippen molar-refractivity contribution in [1.82, 2.24) is 4.31 Å². The van der Waals surface area contributed by atoms with Crippen LogP contribution in [0, 0.1) is 0 Å². The first-order valence-electron chi connectivity index (χ1n) is 9.41. The van der Waals surface area contributed by atoms with Crippen molar-refractivity contribution in [3.63, 3.8) is 0 Å². The Bertz CT molecular complexity index is 1030. The van der Waals surface area contributed by atoms with Crippen LogP contribution in [-0.4, -0.2) is 51.0 Å². The molecule has 2 aromatic rings. The zero-order valence-electron chi connectivity index (χ0n) is 15.7. The van der Waals surface area contributed by atoms with E-state index in [0.29, 0.717) is 31.0 Å². The summed E-state index contributed by atoms with van der Waals surface area (Å²) in [5.74, 6) is -0.732. The molecule has 10 heteroatoms. The summed E-state index contributed by atoms with van der Waals surface area (Å²) in [6, 6.07) is 9.42. The molecule has 2 saturated heterocycles. The summed E-state index contributed by atoms with van der Waals surface area (Å²) in [4.78, 5) is 25.9. The summed E-state index contributed by atoms with van der Waals surface area (Å²) < 4.78 is 37.1. The fraction of sp³-hybridized carbons (Fsp3) is 0.368. The summed E-state index contributed by atoms with van der Waals surface area (Å²) >= 11 is 0. The molecule has 29 heavy (non-hydrogen) atoms. The van der Waals surface area contributed by atoms with Gasteiger partial charge in [0.15, 0.2) is 5.76 Å². The standard InChI is InChI=1S/C19H21N3O6S/c23-18(20-14-6-2-3-7-15(14)22-12-13-27-19(22)24)16-8-9-17(28-16)29(25,26)21-10-4-1-5-11-21/h2-3,6-9H,1,4-5,10-13H2,(H,20,23). The first kappa shape index (κ1) is 19.5. The van der Waals surface area contributed by atoms with Crippen LogP contribution < -0.4 is 10.2 Å². The average Bonchev–Trinajstić information content (AvgIpc) is 3.39. The number of carbonyl (C=O) groups is 2. The van der Waals surface area contributed by atoms with Gasteiger partial charge in [-0.25, -0.2) is 13.2 Å². The maximum absolute atomic E-state index is 12.7. The van der Waals surface area contributed by atoms with Crippen LogP contribution in [0.25, 0.3) is 0 Å². The second-order valence-electron chi connectivity index (χ2n) is 6.82. The van der Waals surface area contributed by atoms with Gasteiger partial charge in [-0.15, -0.1) is 0 Å². The lowest BCUT2D eigenvalue weighted by atomic mass is 10.2. The summed E-state index contributed by atoms with van der Waals surface area (Å²) in [6.07, 6.45) is 2.13. The largest absolute Gasteiger partial charge is 0.447 e. The Morgan fingerprint density at radius 3 is 2.48 bits per heavy atom. The van der Waals surface area contributed by atoms with Gasteiger partial charge in [0, 0.05) is 13.1 Å². The van der Waals surface area contributed by atoms with Crippen LogP contribution in [0.4, 0.5) is 16.2 Å². The molecule has 0 bridgehead atoms. The maximum atomic E-state index is 12.7. The molecule has 2 aliphatic rings. The van der Waals surface area contributed by atoms with Gasteiger partial charge in [0.2, 0.25) is 5.09 Å². The second-order valence-corrected chi connectivity index (χ2v) is 8.69. The fourth-order valence-corrected chi connectivity index (χ4v) is 4.85. The van der Waals surface area contributed by atoms with Crippen molar-refractivity contribution >= 4 is 33.4 Å². The van der Waals surface area contributed by atoms with Crippen molar-refractivity contribution in [2.24, 2.45) is 0 Å². The molecule has 1 N–H and O–H groups in total. The molecule has 0 atom stereocenters.